The second kappa shape index (κ2) is 4.45. The zero-order valence-corrected chi connectivity index (χ0v) is 8.57. The van der Waals surface area contributed by atoms with E-state index in [0.29, 0.717) is 5.56 Å². The molecule has 0 saturated carbocycles. The van der Waals surface area contributed by atoms with E-state index < -0.39 is 10.2 Å². The lowest BCUT2D eigenvalue weighted by Gasteiger charge is -1.93. The molecule has 0 heterocycles. The first-order valence-corrected chi connectivity index (χ1v) is 5.55. The molecule has 0 fully saturated rings. The van der Waals surface area contributed by atoms with Crippen molar-refractivity contribution in [1.82, 2.24) is 0 Å². The maximum absolute atomic E-state index is 12.4. The van der Waals surface area contributed by atoms with Crippen molar-refractivity contribution in [1.29, 1.82) is 0 Å². The molecular weight excluding hydrogens is 227 g/mol. The van der Waals surface area contributed by atoms with E-state index in [1.165, 1.54) is 12.1 Å². The summed E-state index contributed by atoms with van der Waals surface area (Å²) in [4.78, 5) is -0.367. The van der Waals surface area contributed by atoms with Gasteiger partial charge >= 0.3 is 10.2 Å². The predicted molar refractivity (Wildman–Crippen MR) is 52.3 cm³/mol. The SMILES string of the molecule is O=S(=O)(F)c1ccc(C#CCCl)cc1. The molecule has 2 nitrogen and oxygen atoms in total. The molecule has 1 aromatic carbocycles. The Bertz CT molecular complexity index is 468. The van der Waals surface area contributed by atoms with Crippen LogP contribution in [0.2, 0.25) is 0 Å². The summed E-state index contributed by atoms with van der Waals surface area (Å²) < 4.78 is 33.3. The van der Waals surface area contributed by atoms with E-state index in [9.17, 15) is 12.3 Å². The van der Waals surface area contributed by atoms with Gasteiger partial charge in [-0.2, -0.15) is 8.42 Å². The Kier molecular flexibility index (Phi) is 3.50. The molecule has 0 atom stereocenters. The van der Waals surface area contributed by atoms with Gasteiger partial charge in [0, 0.05) is 5.56 Å². The fourth-order valence-electron chi connectivity index (χ4n) is 0.836. The zero-order chi connectivity index (χ0) is 10.6. The Morgan fingerprint density at radius 3 is 2.29 bits per heavy atom. The summed E-state index contributed by atoms with van der Waals surface area (Å²) in [6, 6.07) is 5.17. The Balaban J connectivity index is 3.01. The summed E-state index contributed by atoms with van der Waals surface area (Å²) >= 11 is 5.33. The summed E-state index contributed by atoms with van der Waals surface area (Å²) in [5.74, 6) is 5.47. The van der Waals surface area contributed by atoms with Gasteiger partial charge in [0.1, 0.15) is 0 Å². The van der Waals surface area contributed by atoms with Crippen LogP contribution in [0.4, 0.5) is 3.89 Å². The van der Waals surface area contributed by atoms with Gasteiger partial charge in [-0.3, -0.25) is 0 Å². The minimum Gasteiger partial charge on any atom is -0.189 e. The molecule has 0 saturated heterocycles. The van der Waals surface area contributed by atoms with E-state index in [-0.39, 0.29) is 10.8 Å². The van der Waals surface area contributed by atoms with Gasteiger partial charge in [0.25, 0.3) is 0 Å². The first kappa shape index (κ1) is 11.0. The molecular formula is C9H6ClFO2S. The highest BCUT2D eigenvalue weighted by atomic mass is 35.5. The largest absolute Gasteiger partial charge is 0.332 e. The average molecular weight is 233 g/mol. The summed E-state index contributed by atoms with van der Waals surface area (Å²) in [7, 11) is -4.61. The smallest absolute Gasteiger partial charge is 0.189 e. The van der Waals surface area contributed by atoms with Crippen LogP contribution in [0.15, 0.2) is 29.2 Å². The number of alkyl halides is 1. The number of hydrogen-bond acceptors (Lipinski definition) is 2. The third-order valence-electron chi connectivity index (χ3n) is 1.44. The summed E-state index contributed by atoms with van der Waals surface area (Å²) in [5.41, 5.74) is 0.595. The molecule has 0 aromatic heterocycles. The van der Waals surface area contributed by atoms with Crippen molar-refractivity contribution < 1.29 is 12.3 Å². The maximum Gasteiger partial charge on any atom is 0.332 e. The summed E-state index contributed by atoms with van der Waals surface area (Å²) in [6.45, 7) is 0. The van der Waals surface area contributed by atoms with Crippen LogP contribution >= 0.6 is 11.6 Å². The topological polar surface area (TPSA) is 34.1 Å². The van der Waals surface area contributed by atoms with Crippen molar-refractivity contribution in [2.45, 2.75) is 4.90 Å². The van der Waals surface area contributed by atoms with Crippen molar-refractivity contribution in [3.8, 4) is 11.8 Å². The van der Waals surface area contributed by atoms with Gasteiger partial charge in [-0.1, -0.05) is 11.8 Å². The molecule has 1 rings (SSSR count). The van der Waals surface area contributed by atoms with Crippen molar-refractivity contribution in [3.05, 3.63) is 29.8 Å². The van der Waals surface area contributed by atoms with Crippen LogP contribution in [0.25, 0.3) is 0 Å². The molecule has 14 heavy (non-hydrogen) atoms. The van der Waals surface area contributed by atoms with Crippen molar-refractivity contribution in [3.63, 3.8) is 0 Å². The average Bonchev–Trinajstić information content (AvgIpc) is 2.14. The zero-order valence-electron chi connectivity index (χ0n) is 7.00. The lowest BCUT2D eigenvalue weighted by atomic mass is 10.2. The lowest BCUT2D eigenvalue weighted by Crippen LogP contribution is -1.91. The van der Waals surface area contributed by atoms with Crippen LogP contribution in [-0.2, 0) is 10.2 Å². The molecule has 5 heteroatoms. The molecule has 0 spiro atoms. The number of hydrogen-bond donors (Lipinski definition) is 0. The first-order chi connectivity index (χ1) is 6.54. The van der Waals surface area contributed by atoms with Gasteiger partial charge in [-0.15, -0.1) is 15.5 Å². The Labute approximate surface area is 86.9 Å². The van der Waals surface area contributed by atoms with E-state index in [1.54, 1.807) is 0 Å². The first-order valence-electron chi connectivity index (χ1n) is 3.63. The molecule has 74 valence electrons. The third kappa shape index (κ3) is 3.02. The van der Waals surface area contributed by atoms with E-state index in [2.05, 4.69) is 11.8 Å². The van der Waals surface area contributed by atoms with E-state index in [1.807, 2.05) is 0 Å². The van der Waals surface area contributed by atoms with E-state index >= 15 is 0 Å². The predicted octanol–water partition coefficient (Wildman–Crippen LogP) is 1.94. The normalized spacial score (nSPS) is 10.4. The molecule has 0 amide bonds. The standard InChI is InChI=1S/C9H6ClFO2S/c10-7-1-2-8-3-5-9(6-4-8)14(11,12)13/h3-6H,7H2. The monoisotopic (exact) mass is 232 g/mol. The number of benzene rings is 1. The second-order valence-electron chi connectivity index (χ2n) is 2.40. The van der Waals surface area contributed by atoms with Gasteiger partial charge in [-0.25, -0.2) is 0 Å². The maximum atomic E-state index is 12.4. The van der Waals surface area contributed by atoms with Crippen molar-refractivity contribution in [2.75, 3.05) is 5.88 Å². The highest BCUT2D eigenvalue weighted by Gasteiger charge is 2.09. The van der Waals surface area contributed by atoms with Crippen LogP contribution in [0.1, 0.15) is 5.56 Å². The molecule has 0 unspecified atom stereocenters. The lowest BCUT2D eigenvalue weighted by molar-refractivity contribution is 0.552. The van der Waals surface area contributed by atoms with Gasteiger partial charge in [0.2, 0.25) is 0 Å². The second-order valence-corrected chi connectivity index (χ2v) is 4.01. The van der Waals surface area contributed by atoms with Gasteiger partial charge in [-0.05, 0) is 24.3 Å². The fourth-order valence-corrected chi connectivity index (χ4v) is 1.36. The minimum absolute atomic E-state index is 0.198. The quantitative estimate of drug-likeness (QED) is 0.421. The van der Waals surface area contributed by atoms with Crippen LogP contribution in [0.3, 0.4) is 0 Å². The van der Waals surface area contributed by atoms with Gasteiger partial charge in [0.15, 0.2) is 0 Å². The van der Waals surface area contributed by atoms with Gasteiger partial charge < -0.3 is 0 Å². The molecule has 0 bridgehead atoms. The van der Waals surface area contributed by atoms with Gasteiger partial charge in [0.05, 0.1) is 10.8 Å². The summed E-state index contributed by atoms with van der Waals surface area (Å²) in [6.07, 6.45) is 0. The Morgan fingerprint density at radius 2 is 1.86 bits per heavy atom. The summed E-state index contributed by atoms with van der Waals surface area (Å²) in [5, 5.41) is 0. The molecule has 0 aliphatic heterocycles. The molecule has 1 aromatic rings. The highest BCUT2D eigenvalue weighted by molar-refractivity contribution is 7.86. The van der Waals surface area contributed by atoms with Crippen molar-refractivity contribution >= 4 is 21.8 Å². The number of halogens is 2. The molecule has 0 radical (unpaired) electrons. The fraction of sp³-hybridized carbons (Fsp3) is 0.111. The molecule has 0 aliphatic carbocycles. The molecule has 0 N–H and O–H groups in total. The minimum atomic E-state index is -4.61. The van der Waals surface area contributed by atoms with Crippen LogP contribution in [-0.4, -0.2) is 14.3 Å². The molecule has 0 aliphatic rings. The Morgan fingerprint density at radius 1 is 1.29 bits per heavy atom. The Hall–Kier alpha value is -1.05. The third-order valence-corrected chi connectivity index (χ3v) is 2.40. The van der Waals surface area contributed by atoms with E-state index in [4.69, 9.17) is 11.6 Å². The van der Waals surface area contributed by atoms with Crippen LogP contribution < -0.4 is 0 Å². The highest BCUT2D eigenvalue weighted by Crippen LogP contribution is 2.12. The van der Waals surface area contributed by atoms with E-state index in [0.717, 1.165) is 12.1 Å². The van der Waals surface area contributed by atoms with Crippen molar-refractivity contribution in [2.24, 2.45) is 0 Å². The number of rotatable bonds is 1. The van der Waals surface area contributed by atoms with Crippen LogP contribution in [0.5, 0.6) is 0 Å². The van der Waals surface area contributed by atoms with Crippen LogP contribution in [0, 0.1) is 11.8 Å².